The molecule has 1 fully saturated rings. The first kappa shape index (κ1) is 25.4. The number of hydrogen-bond acceptors (Lipinski definition) is 6. The number of rotatable bonds is 6. The van der Waals surface area contributed by atoms with Crippen LogP contribution in [0, 0.1) is 11.3 Å². The number of nitriles is 1. The van der Waals surface area contributed by atoms with Gasteiger partial charge in [0.1, 0.15) is 5.65 Å². The maximum Gasteiger partial charge on any atom is 0.253 e. The van der Waals surface area contributed by atoms with Crippen molar-refractivity contribution in [2.24, 2.45) is 0 Å². The van der Waals surface area contributed by atoms with Crippen LogP contribution in [0.1, 0.15) is 22.3 Å². The normalized spacial score (nSPS) is 15.7. The number of hydrogen-bond donors (Lipinski definition) is 2. The summed E-state index contributed by atoms with van der Waals surface area (Å²) in [5.41, 5.74) is 5.09. The van der Waals surface area contributed by atoms with Crippen molar-refractivity contribution in [3.63, 3.8) is 0 Å². The van der Waals surface area contributed by atoms with E-state index in [4.69, 9.17) is 0 Å². The van der Waals surface area contributed by atoms with Crippen molar-refractivity contribution >= 4 is 32.7 Å². The summed E-state index contributed by atoms with van der Waals surface area (Å²) < 4.78 is 26.0. The molecule has 5 rings (SSSR count). The maximum absolute atomic E-state index is 13.2. The van der Waals surface area contributed by atoms with E-state index in [2.05, 4.69) is 25.7 Å². The van der Waals surface area contributed by atoms with E-state index in [0.717, 1.165) is 41.3 Å². The number of H-pyrrole nitrogens is 1. The second-order valence-electron chi connectivity index (χ2n) is 9.85. The van der Waals surface area contributed by atoms with Gasteiger partial charge in [-0.25, -0.2) is 13.4 Å². The van der Waals surface area contributed by atoms with Crippen LogP contribution in [0.4, 0.5) is 5.69 Å². The first-order valence-corrected chi connectivity index (χ1v) is 14.1. The van der Waals surface area contributed by atoms with E-state index in [0.29, 0.717) is 40.6 Å². The minimum absolute atomic E-state index is 0.0202. The second-order valence-corrected chi connectivity index (χ2v) is 11.6. The number of carbonyl (C=O) groups excluding carboxylic acids is 1. The van der Waals surface area contributed by atoms with E-state index >= 15 is 0 Å². The van der Waals surface area contributed by atoms with Gasteiger partial charge in [0.05, 0.1) is 23.6 Å². The topological polar surface area (TPSA) is 122 Å². The van der Waals surface area contributed by atoms with Gasteiger partial charge in [-0.15, -0.1) is 0 Å². The molecule has 1 aliphatic rings. The highest BCUT2D eigenvalue weighted by Gasteiger charge is 2.28. The highest BCUT2D eigenvalue weighted by atomic mass is 32.2. The van der Waals surface area contributed by atoms with Crippen LogP contribution in [-0.2, 0) is 10.0 Å². The molecular weight excluding hydrogens is 500 g/mol. The summed E-state index contributed by atoms with van der Waals surface area (Å²) in [5.74, 6) is 0.0202. The Morgan fingerprint density at radius 3 is 2.68 bits per heavy atom. The van der Waals surface area contributed by atoms with Gasteiger partial charge >= 0.3 is 0 Å². The van der Waals surface area contributed by atoms with Crippen molar-refractivity contribution in [1.29, 1.82) is 5.26 Å². The van der Waals surface area contributed by atoms with Gasteiger partial charge in [0.2, 0.25) is 10.0 Å². The number of anilines is 1. The first-order valence-electron chi connectivity index (χ1n) is 12.2. The molecule has 0 radical (unpaired) electrons. The van der Waals surface area contributed by atoms with Crippen molar-refractivity contribution in [2.75, 3.05) is 38.2 Å². The third kappa shape index (κ3) is 5.25. The number of sulfonamides is 1. The Balaban J connectivity index is 1.50. The second kappa shape index (κ2) is 9.93. The van der Waals surface area contributed by atoms with Gasteiger partial charge in [0, 0.05) is 53.6 Å². The van der Waals surface area contributed by atoms with E-state index in [9.17, 15) is 18.5 Å². The van der Waals surface area contributed by atoms with E-state index in [1.54, 1.807) is 24.5 Å². The minimum atomic E-state index is -3.51. The minimum Gasteiger partial charge on any atom is -0.346 e. The number of carbonyl (C=O) groups is 1. The fourth-order valence-corrected chi connectivity index (χ4v) is 5.43. The first-order chi connectivity index (χ1) is 18.1. The standard InChI is InChI=1S/C28H28N6O3S/c1-33(2)24-7-8-34(17-24)28(35)20-6-4-5-19(11-20)22-13-25-26(16-31-27(25)30-15-22)21-9-18(14-29)10-23(12-21)32-38(3,36)37/h4-6,9-13,15-16,24,32H,7-8,17H2,1-3H3,(H,30,31). The zero-order chi connectivity index (χ0) is 27.0. The molecule has 1 atom stereocenters. The lowest BCUT2D eigenvalue weighted by atomic mass is 9.99. The van der Waals surface area contributed by atoms with E-state index < -0.39 is 10.0 Å². The molecule has 4 aromatic rings. The third-order valence-corrected chi connectivity index (χ3v) is 7.44. The molecule has 9 nitrogen and oxygen atoms in total. The molecular formula is C28H28N6O3S. The van der Waals surface area contributed by atoms with Crippen molar-refractivity contribution < 1.29 is 13.2 Å². The summed E-state index contributed by atoms with van der Waals surface area (Å²) >= 11 is 0. The molecule has 2 aromatic heterocycles. The molecule has 1 amide bonds. The van der Waals surface area contributed by atoms with Crippen LogP contribution in [0.5, 0.6) is 0 Å². The molecule has 1 saturated heterocycles. The molecule has 1 unspecified atom stereocenters. The molecule has 0 saturated carbocycles. The van der Waals surface area contributed by atoms with Crippen LogP contribution in [0.15, 0.2) is 60.9 Å². The zero-order valence-corrected chi connectivity index (χ0v) is 22.2. The Morgan fingerprint density at radius 1 is 1.16 bits per heavy atom. The fourth-order valence-electron chi connectivity index (χ4n) is 4.88. The van der Waals surface area contributed by atoms with Gasteiger partial charge in [0.15, 0.2) is 0 Å². The van der Waals surface area contributed by atoms with Crippen LogP contribution in [0.2, 0.25) is 0 Å². The van der Waals surface area contributed by atoms with E-state index in [-0.39, 0.29) is 5.91 Å². The van der Waals surface area contributed by atoms with Gasteiger partial charge in [-0.2, -0.15) is 5.26 Å². The van der Waals surface area contributed by atoms with Crippen molar-refractivity contribution in [3.05, 3.63) is 72.1 Å². The molecule has 1 aliphatic heterocycles. The number of fused-ring (bicyclic) bond motifs is 1. The van der Waals surface area contributed by atoms with Gasteiger partial charge in [-0.05, 0) is 68.0 Å². The molecule has 194 valence electrons. The lowest BCUT2D eigenvalue weighted by molar-refractivity contribution is 0.0783. The number of aromatic amines is 1. The molecule has 3 heterocycles. The van der Waals surface area contributed by atoms with Crippen molar-refractivity contribution in [1.82, 2.24) is 19.8 Å². The Morgan fingerprint density at radius 2 is 1.97 bits per heavy atom. The number of likely N-dealkylation sites (N-methyl/N-ethyl adjacent to an activating group) is 1. The molecule has 10 heteroatoms. The van der Waals surface area contributed by atoms with Crippen molar-refractivity contribution in [3.8, 4) is 28.3 Å². The summed E-state index contributed by atoms with van der Waals surface area (Å²) in [4.78, 5) is 25.0. The van der Waals surface area contributed by atoms with Crippen molar-refractivity contribution in [2.45, 2.75) is 12.5 Å². The molecule has 0 bridgehead atoms. The fraction of sp³-hybridized carbons (Fsp3) is 0.250. The van der Waals surface area contributed by atoms with Crippen LogP contribution in [0.25, 0.3) is 33.3 Å². The maximum atomic E-state index is 13.2. The summed E-state index contributed by atoms with van der Waals surface area (Å²) in [6.45, 7) is 1.46. The van der Waals surface area contributed by atoms with Crippen LogP contribution >= 0.6 is 0 Å². The summed E-state index contributed by atoms with van der Waals surface area (Å²) in [5, 5.41) is 10.3. The summed E-state index contributed by atoms with van der Waals surface area (Å²) in [6, 6.07) is 16.9. The van der Waals surface area contributed by atoms with Gasteiger partial charge in [-0.3, -0.25) is 9.52 Å². The summed E-state index contributed by atoms with van der Waals surface area (Å²) in [6.07, 6.45) is 5.57. The van der Waals surface area contributed by atoms with Gasteiger partial charge in [-0.1, -0.05) is 12.1 Å². The van der Waals surface area contributed by atoms with Crippen LogP contribution in [0.3, 0.4) is 0 Å². The quantitative estimate of drug-likeness (QED) is 0.391. The Hall–Kier alpha value is -4.20. The smallest absolute Gasteiger partial charge is 0.253 e. The SMILES string of the molecule is CN(C)C1CCN(C(=O)c2cccc(-c3cnc4[nH]cc(-c5cc(C#N)cc(NS(C)(=O)=O)c5)c4c3)c2)C1. The third-order valence-electron chi connectivity index (χ3n) is 6.83. The number of pyridine rings is 1. The van der Waals surface area contributed by atoms with Crippen LogP contribution < -0.4 is 4.72 Å². The lowest BCUT2D eigenvalue weighted by Gasteiger charge is -2.20. The Labute approximate surface area is 221 Å². The average molecular weight is 529 g/mol. The zero-order valence-electron chi connectivity index (χ0n) is 21.4. The molecule has 0 aliphatic carbocycles. The molecule has 2 aromatic carbocycles. The highest BCUT2D eigenvalue weighted by Crippen LogP contribution is 2.33. The number of nitrogens with one attached hydrogen (secondary N) is 2. The number of benzene rings is 2. The predicted octanol–water partition coefficient (Wildman–Crippen LogP) is 3.92. The Bertz CT molecular complexity index is 1690. The Kier molecular flexibility index (Phi) is 6.65. The van der Waals surface area contributed by atoms with Crippen LogP contribution in [-0.4, -0.2) is 73.6 Å². The number of aromatic nitrogens is 2. The average Bonchev–Trinajstić information content (AvgIpc) is 3.54. The monoisotopic (exact) mass is 528 g/mol. The summed E-state index contributed by atoms with van der Waals surface area (Å²) in [7, 11) is 0.567. The molecule has 2 N–H and O–H groups in total. The van der Waals surface area contributed by atoms with E-state index in [1.165, 1.54) is 6.07 Å². The lowest BCUT2D eigenvalue weighted by Crippen LogP contribution is -2.34. The predicted molar refractivity (Wildman–Crippen MR) is 148 cm³/mol. The largest absolute Gasteiger partial charge is 0.346 e. The van der Waals surface area contributed by atoms with E-state index in [1.807, 2.05) is 49.3 Å². The molecule has 38 heavy (non-hydrogen) atoms. The van der Waals surface area contributed by atoms with Gasteiger partial charge in [0.25, 0.3) is 5.91 Å². The van der Waals surface area contributed by atoms with Gasteiger partial charge < -0.3 is 14.8 Å². The highest BCUT2D eigenvalue weighted by molar-refractivity contribution is 7.92. The number of likely N-dealkylation sites (tertiary alicyclic amines) is 1. The number of nitrogens with zero attached hydrogens (tertiary/aromatic N) is 4. The molecule has 0 spiro atoms. The number of amides is 1.